The second kappa shape index (κ2) is 5.83. The molecule has 0 aromatic carbocycles. The van der Waals surface area contributed by atoms with E-state index in [9.17, 15) is 4.79 Å². The summed E-state index contributed by atoms with van der Waals surface area (Å²) in [5.41, 5.74) is 0.429. The van der Waals surface area contributed by atoms with E-state index in [-0.39, 0.29) is 12.0 Å². The molecule has 8 heteroatoms. The minimum atomic E-state index is -0.203. The molecule has 8 nitrogen and oxygen atoms in total. The Morgan fingerprint density at radius 1 is 1.55 bits per heavy atom. The lowest BCUT2D eigenvalue weighted by atomic mass is 10.2. The van der Waals surface area contributed by atoms with Gasteiger partial charge in [0.05, 0.1) is 12.5 Å². The fourth-order valence-corrected chi connectivity index (χ4v) is 2.04. The second-order valence-corrected chi connectivity index (χ2v) is 4.52. The Balaban J connectivity index is 1.48. The molecule has 3 rings (SSSR count). The first kappa shape index (κ1) is 12.8. The maximum absolute atomic E-state index is 11.6. The number of amides is 1. The first-order chi connectivity index (χ1) is 9.83. The van der Waals surface area contributed by atoms with E-state index < -0.39 is 0 Å². The summed E-state index contributed by atoms with van der Waals surface area (Å²) in [4.78, 5) is 22.4. The minimum Gasteiger partial charge on any atom is -0.368 e. The van der Waals surface area contributed by atoms with Crippen LogP contribution in [0.3, 0.4) is 0 Å². The largest absolute Gasteiger partial charge is 0.368 e. The zero-order valence-corrected chi connectivity index (χ0v) is 10.8. The standard InChI is InChI=1S/C12H15N5O3/c18-11(8-6-13-7-15-8)14-4-3-10-16-12(20-17-10)9-2-1-5-19-9/h6-7,9H,1-5H2,(H,13,15)(H,14,18)/t9-/m0/s1. The van der Waals surface area contributed by atoms with E-state index in [1.807, 2.05) is 0 Å². The van der Waals surface area contributed by atoms with Crippen molar-refractivity contribution in [2.24, 2.45) is 0 Å². The number of ether oxygens (including phenoxy) is 1. The molecule has 1 aliphatic heterocycles. The van der Waals surface area contributed by atoms with Gasteiger partial charge < -0.3 is 19.6 Å². The molecule has 3 heterocycles. The Bertz CT molecular complexity index is 559. The molecular formula is C12H15N5O3. The molecule has 2 N–H and O–H groups in total. The number of hydrogen-bond donors (Lipinski definition) is 2. The van der Waals surface area contributed by atoms with Gasteiger partial charge in [-0.15, -0.1) is 0 Å². The highest BCUT2D eigenvalue weighted by Gasteiger charge is 2.23. The van der Waals surface area contributed by atoms with Crippen molar-refractivity contribution in [1.29, 1.82) is 0 Å². The normalized spacial score (nSPS) is 18.3. The van der Waals surface area contributed by atoms with Crippen LogP contribution in [0.1, 0.15) is 41.1 Å². The van der Waals surface area contributed by atoms with Gasteiger partial charge in [-0.2, -0.15) is 4.98 Å². The van der Waals surface area contributed by atoms with Crippen LogP contribution in [0.2, 0.25) is 0 Å². The summed E-state index contributed by atoms with van der Waals surface area (Å²) in [6, 6.07) is 0. The van der Waals surface area contributed by atoms with Crippen LogP contribution >= 0.6 is 0 Å². The third-order valence-electron chi connectivity index (χ3n) is 3.07. The summed E-state index contributed by atoms with van der Waals surface area (Å²) in [6.45, 7) is 1.17. The monoisotopic (exact) mass is 277 g/mol. The van der Waals surface area contributed by atoms with Crippen molar-refractivity contribution in [2.45, 2.75) is 25.4 Å². The Hall–Kier alpha value is -2.22. The van der Waals surface area contributed by atoms with Crippen molar-refractivity contribution in [2.75, 3.05) is 13.2 Å². The number of aromatic nitrogens is 4. The van der Waals surface area contributed by atoms with E-state index in [4.69, 9.17) is 9.26 Å². The smallest absolute Gasteiger partial charge is 0.269 e. The van der Waals surface area contributed by atoms with Crippen molar-refractivity contribution >= 4 is 5.91 Å². The van der Waals surface area contributed by atoms with Gasteiger partial charge in [0.15, 0.2) is 5.82 Å². The molecule has 0 bridgehead atoms. The second-order valence-electron chi connectivity index (χ2n) is 4.52. The van der Waals surface area contributed by atoms with Gasteiger partial charge in [0.25, 0.3) is 11.8 Å². The molecule has 0 aliphatic carbocycles. The molecule has 0 unspecified atom stereocenters. The zero-order valence-electron chi connectivity index (χ0n) is 10.8. The third kappa shape index (κ3) is 2.85. The number of nitrogens with zero attached hydrogens (tertiary/aromatic N) is 3. The van der Waals surface area contributed by atoms with Gasteiger partial charge in [-0.05, 0) is 12.8 Å². The maximum atomic E-state index is 11.6. The fraction of sp³-hybridized carbons (Fsp3) is 0.500. The van der Waals surface area contributed by atoms with Crippen LogP contribution in [0.25, 0.3) is 0 Å². The number of hydrogen-bond acceptors (Lipinski definition) is 6. The molecule has 0 radical (unpaired) electrons. The van der Waals surface area contributed by atoms with E-state index in [0.29, 0.717) is 30.4 Å². The molecule has 1 amide bonds. The number of rotatable bonds is 5. The number of H-pyrrole nitrogens is 1. The first-order valence-electron chi connectivity index (χ1n) is 6.53. The molecule has 1 fully saturated rings. The Morgan fingerprint density at radius 2 is 2.50 bits per heavy atom. The van der Waals surface area contributed by atoms with Crippen LogP contribution in [0.4, 0.5) is 0 Å². The summed E-state index contributed by atoms with van der Waals surface area (Å²) in [7, 11) is 0. The lowest BCUT2D eigenvalue weighted by molar-refractivity contribution is 0.0835. The number of imidazole rings is 1. The summed E-state index contributed by atoms with van der Waals surface area (Å²) in [5, 5.41) is 6.63. The average Bonchev–Trinajstić information content (AvgIpc) is 3.20. The molecule has 106 valence electrons. The Labute approximate surface area is 114 Å². The van der Waals surface area contributed by atoms with Crippen molar-refractivity contribution in [3.8, 4) is 0 Å². The van der Waals surface area contributed by atoms with E-state index in [0.717, 1.165) is 19.4 Å². The maximum Gasteiger partial charge on any atom is 0.269 e. The summed E-state index contributed by atoms with van der Waals surface area (Å²) in [5.74, 6) is 0.892. The number of carbonyl (C=O) groups is 1. The fourth-order valence-electron chi connectivity index (χ4n) is 2.04. The van der Waals surface area contributed by atoms with E-state index in [1.165, 1.54) is 12.5 Å². The van der Waals surface area contributed by atoms with Gasteiger partial charge in [0, 0.05) is 19.6 Å². The van der Waals surface area contributed by atoms with E-state index in [2.05, 4.69) is 25.4 Å². The summed E-state index contributed by atoms with van der Waals surface area (Å²) in [6.07, 6.45) is 5.30. The molecule has 2 aromatic heterocycles. The SMILES string of the molecule is O=C(NCCc1noc([C@@H]2CCCO2)n1)c1cnc[nH]1. The van der Waals surface area contributed by atoms with E-state index >= 15 is 0 Å². The molecule has 2 aromatic rings. The third-order valence-corrected chi connectivity index (χ3v) is 3.07. The van der Waals surface area contributed by atoms with E-state index in [1.54, 1.807) is 0 Å². The number of carbonyl (C=O) groups excluding carboxylic acids is 1. The Morgan fingerprint density at radius 3 is 3.25 bits per heavy atom. The van der Waals surface area contributed by atoms with Crippen LogP contribution in [-0.2, 0) is 11.2 Å². The number of nitrogens with one attached hydrogen (secondary N) is 2. The van der Waals surface area contributed by atoms with Gasteiger partial charge in [0.1, 0.15) is 11.8 Å². The predicted octanol–water partition coefficient (Wildman–Crippen LogP) is 0.617. The van der Waals surface area contributed by atoms with Crippen LogP contribution < -0.4 is 5.32 Å². The van der Waals surface area contributed by atoms with Crippen molar-refractivity contribution < 1.29 is 14.1 Å². The lowest BCUT2D eigenvalue weighted by Gasteiger charge is -2.01. The summed E-state index contributed by atoms with van der Waals surface area (Å²) >= 11 is 0. The zero-order chi connectivity index (χ0) is 13.8. The molecule has 1 atom stereocenters. The highest BCUT2D eigenvalue weighted by molar-refractivity contribution is 5.91. The first-order valence-corrected chi connectivity index (χ1v) is 6.53. The summed E-state index contributed by atoms with van der Waals surface area (Å²) < 4.78 is 10.6. The van der Waals surface area contributed by atoms with Crippen LogP contribution in [0, 0.1) is 0 Å². The highest BCUT2D eigenvalue weighted by atomic mass is 16.5. The van der Waals surface area contributed by atoms with Gasteiger partial charge >= 0.3 is 0 Å². The molecule has 0 spiro atoms. The molecule has 1 saturated heterocycles. The lowest BCUT2D eigenvalue weighted by Crippen LogP contribution is -2.26. The quantitative estimate of drug-likeness (QED) is 0.829. The van der Waals surface area contributed by atoms with Crippen molar-refractivity contribution in [3.63, 3.8) is 0 Å². The molecular weight excluding hydrogens is 262 g/mol. The topological polar surface area (TPSA) is 106 Å². The van der Waals surface area contributed by atoms with Crippen LogP contribution in [-0.4, -0.2) is 39.2 Å². The van der Waals surface area contributed by atoms with Gasteiger partial charge in [-0.25, -0.2) is 4.98 Å². The number of aromatic amines is 1. The van der Waals surface area contributed by atoms with Crippen molar-refractivity contribution in [3.05, 3.63) is 29.9 Å². The van der Waals surface area contributed by atoms with Gasteiger partial charge in [-0.1, -0.05) is 5.16 Å². The van der Waals surface area contributed by atoms with Crippen LogP contribution in [0.5, 0.6) is 0 Å². The average molecular weight is 277 g/mol. The van der Waals surface area contributed by atoms with Gasteiger partial charge in [0.2, 0.25) is 0 Å². The molecule has 0 saturated carbocycles. The predicted molar refractivity (Wildman–Crippen MR) is 66.8 cm³/mol. The highest BCUT2D eigenvalue weighted by Crippen LogP contribution is 2.26. The Kier molecular flexibility index (Phi) is 3.73. The molecule has 20 heavy (non-hydrogen) atoms. The van der Waals surface area contributed by atoms with Crippen molar-refractivity contribution in [1.82, 2.24) is 25.4 Å². The van der Waals surface area contributed by atoms with Crippen LogP contribution in [0.15, 0.2) is 17.0 Å². The molecule has 1 aliphatic rings. The van der Waals surface area contributed by atoms with Gasteiger partial charge in [-0.3, -0.25) is 4.79 Å². The minimum absolute atomic E-state index is 0.0733.